The highest BCUT2D eigenvalue weighted by Gasteiger charge is 2.31. The number of anilines is 1. The number of piperidine rings is 1. The zero-order valence-corrected chi connectivity index (χ0v) is 20.9. The minimum Gasteiger partial charge on any atom is -0.368 e. The lowest BCUT2D eigenvalue weighted by atomic mass is 9.87. The fraction of sp³-hybridized carbons (Fsp3) is 0.385. The summed E-state index contributed by atoms with van der Waals surface area (Å²) in [6.07, 6.45) is 7.31. The largest absolute Gasteiger partial charge is 0.368 e. The van der Waals surface area contributed by atoms with Crippen molar-refractivity contribution in [3.63, 3.8) is 0 Å². The van der Waals surface area contributed by atoms with Crippen molar-refractivity contribution in [3.05, 3.63) is 65.9 Å². The number of benzene rings is 2. The van der Waals surface area contributed by atoms with Gasteiger partial charge in [-0.2, -0.15) is 0 Å². The molecule has 2 unspecified atom stereocenters. The summed E-state index contributed by atoms with van der Waals surface area (Å²) in [6, 6.07) is 14.8. The van der Waals surface area contributed by atoms with E-state index >= 15 is 0 Å². The van der Waals surface area contributed by atoms with Crippen LogP contribution >= 0.6 is 11.6 Å². The van der Waals surface area contributed by atoms with Crippen molar-refractivity contribution in [1.29, 1.82) is 0 Å². The maximum absolute atomic E-state index is 13.0. The molecule has 180 valence electrons. The third-order valence-corrected chi connectivity index (χ3v) is 8.69. The number of carbonyl (C=O) groups excluding carboxylic acids is 1. The molecule has 0 aliphatic carbocycles. The number of hydrogen-bond donors (Lipinski definition) is 1. The number of nitrogens with one attached hydrogen (secondary N) is 1. The third-order valence-electron chi connectivity index (χ3n) is 6.66. The van der Waals surface area contributed by atoms with Crippen LogP contribution in [0.4, 0.5) is 5.69 Å². The van der Waals surface area contributed by atoms with E-state index in [1.54, 1.807) is 37.6 Å². The Bertz CT molecular complexity index is 1250. The number of nitrogens with zero attached hydrogens (tertiary/aromatic N) is 2. The van der Waals surface area contributed by atoms with Crippen molar-refractivity contribution < 1.29 is 13.2 Å². The van der Waals surface area contributed by atoms with Gasteiger partial charge in [0.25, 0.3) is 0 Å². The highest BCUT2D eigenvalue weighted by atomic mass is 35.5. The van der Waals surface area contributed by atoms with Gasteiger partial charge in [0, 0.05) is 48.7 Å². The van der Waals surface area contributed by atoms with Crippen LogP contribution in [0.15, 0.2) is 65.8 Å². The average Bonchev–Trinajstić information content (AvgIpc) is 2.86. The lowest BCUT2D eigenvalue weighted by Crippen LogP contribution is -2.46. The maximum Gasteiger partial charge on any atom is 0.222 e. The molecular weight excluding hydrogens is 470 g/mol. The molecule has 1 aromatic heterocycles. The second-order valence-electron chi connectivity index (χ2n) is 8.86. The standard InChI is InChI=1S/C26H30ClN3O3S/c1-28-26(31)21-11-14-30(23-9-12-29-13-10-23)24(17-21)4-2-3-15-34(32,33)25-8-6-19-16-22(27)7-5-20(19)18-25/h5-10,12-13,16,18,21,24H,2-4,11,14-15,17H2,1H3,(H,28,31). The smallest absolute Gasteiger partial charge is 0.222 e. The molecule has 6 nitrogen and oxygen atoms in total. The molecule has 1 fully saturated rings. The number of halogens is 1. The van der Waals surface area contributed by atoms with Gasteiger partial charge >= 0.3 is 0 Å². The molecule has 4 rings (SSSR count). The lowest BCUT2D eigenvalue weighted by molar-refractivity contribution is -0.125. The van der Waals surface area contributed by atoms with Crippen molar-refractivity contribution in [1.82, 2.24) is 10.3 Å². The summed E-state index contributed by atoms with van der Waals surface area (Å²) >= 11 is 6.03. The van der Waals surface area contributed by atoms with E-state index in [9.17, 15) is 13.2 Å². The van der Waals surface area contributed by atoms with Gasteiger partial charge in [-0.1, -0.05) is 30.2 Å². The minimum atomic E-state index is -3.38. The number of sulfone groups is 1. The third kappa shape index (κ3) is 5.70. The molecule has 8 heteroatoms. The van der Waals surface area contributed by atoms with E-state index in [-0.39, 0.29) is 23.6 Å². The number of rotatable bonds is 8. The monoisotopic (exact) mass is 499 g/mol. The molecule has 2 aromatic carbocycles. The summed E-state index contributed by atoms with van der Waals surface area (Å²) in [5.74, 6) is 0.176. The minimum absolute atomic E-state index is 0.0112. The van der Waals surface area contributed by atoms with Crippen molar-refractivity contribution in [2.45, 2.75) is 43.0 Å². The molecule has 2 heterocycles. The number of aromatic nitrogens is 1. The first-order valence-corrected chi connectivity index (χ1v) is 13.7. The molecule has 1 amide bonds. The van der Waals surface area contributed by atoms with Crippen LogP contribution in [0, 0.1) is 5.92 Å². The van der Waals surface area contributed by atoms with E-state index in [2.05, 4.69) is 15.2 Å². The van der Waals surface area contributed by atoms with Gasteiger partial charge in [0.2, 0.25) is 5.91 Å². The molecule has 1 saturated heterocycles. The second-order valence-corrected chi connectivity index (χ2v) is 11.4. The van der Waals surface area contributed by atoms with Crippen molar-refractivity contribution in [3.8, 4) is 0 Å². The van der Waals surface area contributed by atoms with Gasteiger partial charge in [-0.3, -0.25) is 9.78 Å². The van der Waals surface area contributed by atoms with E-state index in [1.807, 2.05) is 30.3 Å². The van der Waals surface area contributed by atoms with Gasteiger partial charge < -0.3 is 10.2 Å². The molecular formula is C26H30ClN3O3S. The summed E-state index contributed by atoms with van der Waals surface area (Å²) in [4.78, 5) is 19.1. The van der Waals surface area contributed by atoms with Crippen LogP contribution < -0.4 is 10.2 Å². The Morgan fingerprint density at radius 1 is 1.09 bits per heavy atom. The van der Waals surface area contributed by atoms with Gasteiger partial charge in [0.15, 0.2) is 9.84 Å². The van der Waals surface area contributed by atoms with Gasteiger partial charge in [-0.05, 0) is 72.9 Å². The van der Waals surface area contributed by atoms with Gasteiger partial charge in [-0.25, -0.2) is 8.42 Å². The average molecular weight is 500 g/mol. The fourth-order valence-corrected chi connectivity index (χ4v) is 6.40. The maximum atomic E-state index is 13.0. The Kier molecular flexibility index (Phi) is 7.73. The van der Waals surface area contributed by atoms with E-state index in [0.717, 1.165) is 48.7 Å². The van der Waals surface area contributed by atoms with Crippen LogP contribution in [-0.4, -0.2) is 44.7 Å². The first-order valence-electron chi connectivity index (χ1n) is 11.7. The molecule has 1 aliphatic heterocycles. The molecule has 0 spiro atoms. The topological polar surface area (TPSA) is 79.4 Å². The molecule has 34 heavy (non-hydrogen) atoms. The van der Waals surface area contributed by atoms with Gasteiger partial charge in [0.05, 0.1) is 10.6 Å². The predicted octanol–water partition coefficient (Wildman–Crippen LogP) is 4.86. The molecule has 1 N–H and O–H groups in total. The van der Waals surface area contributed by atoms with E-state index in [1.165, 1.54) is 0 Å². The Morgan fingerprint density at radius 2 is 1.82 bits per heavy atom. The van der Waals surface area contributed by atoms with Crippen LogP contribution in [-0.2, 0) is 14.6 Å². The van der Waals surface area contributed by atoms with Crippen molar-refractivity contribution >= 4 is 43.8 Å². The molecule has 2 atom stereocenters. The van der Waals surface area contributed by atoms with Crippen LogP contribution in [0.5, 0.6) is 0 Å². The molecule has 3 aromatic rings. The Morgan fingerprint density at radius 3 is 2.59 bits per heavy atom. The fourth-order valence-electron chi connectivity index (χ4n) is 4.82. The van der Waals surface area contributed by atoms with E-state index in [4.69, 9.17) is 11.6 Å². The first kappa shape index (κ1) is 24.5. The number of fused-ring (bicyclic) bond motifs is 1. The summed E-state index contributed by atoms with van der Waals surface area (Å²) < 4.78 is 25.9. The number of unbranched alkanes of at least 4 members (excludes halogenated alkanes) is 1. The highest BCUT2D eigenvalue weighted by Crippen LogP contribution is 2.31. The summed E-state index contributed by atoms with van der Waals surface area (Å²) in [7, 11) is -1.70. The van der Waals surface area contributed by atoms with E-state index < -0.39 is 9.84 Å². The zero-order valence-electron chi connectivity index (χ0n) is 19.3. The number of hydrogen-bond acceptors (Lipinski definition) is 5. The van der Waals surface area contributed by atoms with Crippen LogP contribution in [0.2, 0.25) is 5.02 Å². The molecule has 1 aliphatic rings. The second kappa shape index (κ2) is 10.7. The Hall–Kier alpha value is -2.64. The normalized spacial score (nSPS) is 18.7. The van der Waals surface area contributed by atoms with E-state index in [0.29, 0.717) is 16.3 Å². The van der Waals surface area contributed by atoms with Crippen LogP contribution in [0.25, 0.3) is 10.8 Å². The lowest BCUT2D eigenvalue weighted by Gasteiger charge is -2.40. The predicted molar refractivity (Wildman–Crippen MR) is 137 cm³/mol. The molecule has 0 bridgehead atoms. The first-order chi connectivity index (χ1) is 16.4. The van der Waals surface area contributed by atoms with Crippen molar-refractivity contribution in [2.24, 2.45) is 5.92 Å². The number of carbonyl (C=O) groups is 1. The van der Waals surface area contributed by atoms with Crippen LogP contribution in [0.3, 0.4) is 0 Å². The molecule has 0 radical (unpaired) electrons. The molecule has 0 saturated carbocycles. The SMILES string of the molecule is CNC(=O)C1CCN(c2ccncc2)C(CCCCS(=O)(=O)c2ccc3cc(Cl)ccc3c2)C1. The quantitative estimate of drug-likeness (QED) is 0.447. The highest BCUT2D eigenvalue weighted by molar-refractivity contribution is 7.91. The summed E-state index contributed by atoms with van der Waals surface area (Å²) in [5, 5.41) is 5.19. The number of pyridine rings is 1. The van der Waals surface area contributed by atoms with Gasteiger partial charge in [0.1, 0.15) is 0 Å². The zero-order chi connectivity index (χ0) is 24.1. The van der Waals surface area contributed by atoms with Gasteiger partial charge in [-0.15, -0.1) is 0 Å². The Balaban J connectivity index is 1.39. The Labute approximate surface area is 206 Å². The van der Waals surface area contributed by atoms with Crippen LogP contribution in [0.1, 0.15) is 32.1 Å². The van der Waals surface area contributed by atoms with Crippen molar-refractivity contribution in [2.75, 3.05) is 24.2 Å². The summed E-state index contributed by atoms with van der Waals surface area (Å²) in [6.45, 7) is 0.798. The summed E-state index contributed by atoms with van der Waals surface area (Å²) in [5.41, 5.74) is 1.10. The number of amides is 1.